The Morgan fingerprint density at radius 2 is 1.96 bits per heavy atom. The minimum Gasteiger partial charge on any atom is -0.445 e. The monoisotopic (exact) mass is 357 g/mol. The van der Waals surface area contributed by atoms with Gasteiger partial charge in [-0.25, -0.2) is 4.79 Å². The van der Waals surface area contributed by atoms with Gasteiger partial charge in [0, 0.05) is 6.42 Å². The fourth-order valence-electron chi connectivity index (χ4n) is 2.92. The lowest BCUT2D eigenvalue weighted by atomic mass is 9.86. The molecule has 2 aromatic carbocycles. The minimum atomic E-state index is -1.28. The number of halogens is 1. The van der Waals surface area contributed by atoms with Crippen LogP contribution in [-0.4, -0.2) is 17.5 Å². The number of carbonyl (C=O) groups is 2. The van der Waals surface area contributed by atoms with Crippen LogP contribution in [0.3, 0.4) is 0 Å². The Hall–Kier alpha value is -2.33. The van der Waals surface area contributed by atoms with E-state index in [1.54, 1.807) is 37.3 Å². The molecule has 25 heavy (non-hydrogen) atoms. The highest BCUT2D eigenvalue weighted by molar-refractivity contribution is 6.33. The van der Waals surface area contributed by atoms with E-state index in [0.717, 1.165) is 11.1 Å². The fourth-order valence-corrected chi connectivity index (χ4v) is 3.10. The van der Waals surface area contributed by atoms with E-state index < -0.39 is 17.5 Å². The van der Waals surface area contributed by atoms with E-state index in [2.05, 4.69) is 19.2 Å². The largest absolute Gasteiger partial charge is 0.445 e. The van der Waals surface area contributed by atoms with Crippen LogP contribution < -0.4 is 5.32 Å². The summed E-state index contributed by atoms with van der Waals surface area (Å²) in [5.74, 6) is -0.533. The van der Waals surface area contributed by atoms with Crippen molar-refractivity contribution < 1.29 is 14.3 Å². The van der Waals surface area contributed by atoms with Crippen molar-refractivity contribution in [1.82, 2.24) is 0 Å². The van der Waals surface area contributed by atoms with Gasteiger partial charge in [-0.15, -0.1) is 0 Å². The van der Waals surface area contributed by atoms with E-state index in [9.17, 15) is 9.59 Å². The molecule has 0 saturated heterocycles. The van der Waals surface area contributed by atoms with E-state index in [-0.39, 0.29) is 0 Å². The molecule has 0 bridgehead atoms. The van der Waals surface area contributed by atoms with Crippen molar-refractivity contribution in [3.05, 3.63) is 64.2 Å². The van der Waals surface area contributed by atoms with E-state index in [0.29, 0.717) is 28.6 Å². The van der Waals surface area contributed by atoms with Crippen molar-refractivity contribution in [2.75, 3.05) is 5.32 Å². The van der Waals surface area contributed by atoms with Gasteiger partial charge >= 0.3 is 5.97 Å². The highest BCUT2D eigenvalue weighted by Gasteiger charge is 2.43. The maximum atomic E-state index is 12.8. The Morgan fingerprint density at radius 1 is 1.24 bits per heavy atom. The van der Waals surface area contributed by atoms with Crippen LogP contribution in [0.15, 0.2) is 42.5 Å². The maximum absolute atomic E-state index is 12.8. The van der Waals surface area contributed by atoms with Crippen LogP contribution in [0, 0.1) is 0 Å². The number of rotatable bonds is 3. The lowest BCUT2D eigenvalue weighted by Gasteiger charge is -2.33. The van der Waals surface area contributed by atoms with E-state index in [1.807, 2.05) is 12.1 Å². The fraction of sp³-hybridized carbons (Fsp3) is 0.300. The van der Waals surface area contributed by atoms with Crippen molar-refractivity contribution in [1.29, 1.82) is 0 Å². The molecule has 1 unspecified atom stereocenters. The number of cyclic esters (lactones) is 1. The molecular formula is C20H20ClNO3. The Kier molecular flexibility index (Phi) is 4.56. The van der Waals surface area contributed by atoms with Crippen LogP contribution in [0.5, 0.6) is 0 Å². The van der Waals surface area contributed by atoms with Gasteiger partial charge in [-0.1, -0.05) is 49.7 Å². The number of hydrogen-bond donors (Lipinski definition) is 1. The molecular weight excluding hydrogens is 338 g/mol. The number of benzene rings is 2. The summed E-state index contributed by atoms with van der Waals surface area (Å²) in [5, 5.41) is 3.20. The van der Waals surface area contributed by atoms with Gasteiger partial charge in [0.15, 0.2) is 5.60 Å². The molecule has 1 aliphatic heterocycles. The Balaban J connectivity index is 1.90. The van der Waals surface area contributed by atoms with E-state index in [4.69, 9.17) is 16.3 Å². The number of para-hydroxylation sites is 1. The smallest absolute Gasteiger partial charge is 0.339 e. The average Bonchev–Trinajstić information content (AvgIpc) is 2.56. The lowest BCUT2D eigenvalue weighted by molar-refractivity contribution is -0.134. The first kappa shape index (κ1) is 17.5. The van der Waals surface area contributed by atoms with Gasteiger partial charge < -0.3 is 10.1 Å². The van der Waals surface area contributed by atoms with E-state index in [1.165, 1.54) is 0 Å². The van der Waals surface area contributed by atoms with Crippen LogP contribution >= 0.6 is 11.6 Å². The summed E-state index contributed by atoms with van der Waals surface area (Å²) in [6, 6.07) is 12.7. The number of fused-ring (bicyclic) bond motifs is 1. The van der Waals surface area contributed by atoms with Crippen molar-refractivity contribution >= 4 is 29.2 Å². The van der Waals surface area contributed by atoms with Crippen LogP contribution in [0.25, 0.3) is 0 Å². The highest BCUT2D eigenvalue weighted by Crippen LogP contribution is 2.32. The van der Waals surface area contributed by atoms with Gasteiger partial charge in [-0.3, -0.25) is 4.79 Å². The van der Waals surface area contributed by atoms with Gasteiger partial charge in [-0.2, -0.15) is 0 Å². The number of esters is 1. The molecule has 1 aliphatic rings. The first-order chi connectivity index (χ1) is 11.8. The van der Waals surface area contributed by atoms with E-state index >= 15 is 0 Å². The first-order valence-electron chi connectivity index (χ1n) is 8.22. The molecule has 0 saturated carbocycles. The summed E-state index contributed by atoms with van der Waals surface area (Å²) in [6.07, 6.45) is 0.324. The molecule has 0 spiro atoms. The second-order valence-electron chi connectivity index (χ2n) is 6.80. The third-order valence-electron chi connectivity index (χ3n) is 4.46. The molecule has 0 radical (unpaired) electrons. The highest BCUT2D eigenvalue weighted by atomic mass is 35.5. The second-order valence-corrected chi connectivity index (χ2v) is 7.21. The molecule has 0 fully saturated rings. The second kappa shape index (κ2) is 6.52. The Bertz CT molecular complexity index is 847. The van der Waals surface area contributed by atoms with Crippen LogP contribution in [0.4, 0.5) is 5.69 Å². The molecule has 2 aromatic rings. The summed E-state index contributed by atoms with van der Waals surface area (Å²) in [6.45, 7) is 5.81. The zero-order valence-electron chi connectivity index (χ0n) is 14.4. The zero-order valence-corrected chi connectivity index (χ0v) is 15.2. The Labute approximate surface area is 152 Å². The molecule has 1 heterocycles. The predicted octanol–water partition coefficient (Wildman–Crippen LogP) is 4.57. The molecule has 4 nitrogen and oxygen atoms in total. The van der Waals surface area contributed by atoms with Crippen LogP contribution in [0.2, 0.25) is 5.02 Å². The molecule has 1 amide bonds. The number of nitrogens with one attached hydrogen (secondary N) is 1. The summed E-state index contributed by atoms with van der Waals surface area (Å²) in [4.78, 5) is 25.1. The Morgan fingerprint density at radius 3 is 2.64 bits per heavy atom. The molecule has 1 N–H and O–H groups in total. The van der Waals surface area contributed by atoms with Gasteiger partial charge in [0.2, 0.25) is 0 Å². The normalized spacial score (nSPS) is 19.3. The molecule has 5 heteroatoms. The molecule has 3 rings (SSSR count). The topological polar surface area (TPSA) is 55.4 Å². The summed E-state index contributed by atoms with van der Waals surface area (Å²) in [7, 11) is 0. The summed E-state index contributed by atoms with van der Waals surface area (Å²) < 4.78 is 5.48. The number of carbonyl (C=O) groups excluding carboxylic acids is 2. The zero-order chi connectivity index (χ0) is 18.2. The van der Waals surface area contributed by atoms with Crippen molar-refractivity contribution in [2.24, 2.45) is 0 Å². The molecule has 1 atom stereocenters. The number of ether oxygens (including phenoxy) is 1. The van der Waals surface area contributed by atoms with Gasteiger partial charge in [0.25, 0.3) is 5.91 Å². The third-order valence-corrected chi connectivity index (χ3v) is 4.79. The summed E-state index contributed by atoms with van der Waals surface area (Å²) in [5.41, 5.74) is 1.70. The molecule has 130 valence electrons. The number of anilines is 1. The van der Waals surface area contributed by atoms with Gasteiger partial charge in [-0.05, 0) is 42.2 Å². The van der Waals surface area contributed by atoms with Crippen molar-refractivity contribution in [3.63, 3.8) is 0 Å². The third kappa shape index (κ3) is 3.40. The lowest BCUT2D eigenvalue weighted by Crippen LogP contribution is -2.49. The average molecular weight is 358 g/mol. The number of hydrogen-bond acceptors (Lipinski definition) is 3. The minimum absolute atomic E-state index is 0.324. The predicted molar refractivity (Wildman–Crippen MR) is 98.1 cm³/mol. The SMILES string of the molecule is CC(C)c1ccc2c(c1)CC(C)(C(=O)Nc1ccccc1Cl)OC2=O. The quantitative estimate of drug-likeness (QED) is 0.818. The molecule has 0 aliphatic carbocycles. The molecule has 0 aromatic heterocycles. The van der Waals surface area contributed by atoms with Crippen molar-refractivity contribution in [2.45, 2.75) is 38.7 Å². The van der Waals surface area contributed by atoms with Crippen molar-refractivity contribution in [3.8, 4) is 0 Å². The van der Waals surface area contributed by atoms with Gasteiger partial charge in [0.1, 0.15) is 0 Å². The summed E-state index contributed by atoms with van der Waals surface area (Å²) >= 11 is 6.10. The van der Waals surface area contributed by atoms with Crippen LogP contribution in [-0.2, 0) is 16.0 Å². The number of amides is 1. The maximum Gasteiger partial charge on any atom is 0.339 e. The van der Waals surface area contributed by atoms with Crippen LogP contribution in [0.1, 0.15) is 48.2 Å². The standard InChI is InChI=1S/C20H20ClNO3/c1-12(2)13-8-9-15-14(10-13)11-20(3,25-18(15)23)19(24)22-17-7-5-4-6-16(17)21/h4-10,12H,11H2,1-3H3,(H,22,24). The van der Waals surface area contributed by atoms with Gasteiger partial charge in [0.05, 0.1) is 16.3 Å². The first-order valence-corrected chi connectivity index (χ1v) is 8.60.